The second-order valence-electron chi connectivity index (χ2n) is 3.69. The van der Waals surface area contributed by atoms with Crippen molar-refractivity contribution in [2.24, 2.45) is 11.8 Å². The van der Waals surface area contributed by atoms with Gasteiger partial charge in [0.05, 0.1) is 0 Å². The molecule has 1 aliphatic rings. The van der Waals surface area contributed by atoms with Crippen LogP contribution in [0.1, 0.15) is 34.1 Å². The summed E-state index contributed by atoms with van der Waals surface area (Å²) in [6, 6.07) is 1.49. The zero-order chi connectivity index (χ0) is 7.72. The lowest BCUT2D eigenvalue weighted by atomic mass is 9.90. The SMILES string of the molecule is CCC1NC(C)C(C)C1C. The molecule has 10 heavy (non-hydrogen) atoms. The van der Waals surface area contributed by atoms with Gasteiger partial charge in [0.1, 0.15) is 0 Å². The van der Waals surface area contributed by atoms with Crippen LogP contribution in [0.4, 0.5) is 0 Å². The maximum atomic E-state index is 3.60. The van der Waals surface area contributed by atoms with Crippen molar-refractivity contribution in [3.8, 4) is 0 Å². The summed E-state index contributed by atoms with van der Waals surface area (Å²) in [5, 5.41) is 3.60. The molecular formula is C9H19N. The Morgan fingerprint density at radius 1 is 1.10 bits per heavy atom. The smallest absolute Gasteiger partial charge is 0.00957 e. The summed E-state index contributed by atoms with van der Waals surface area (Å²) in [7, 11) is 0. The highest BCUT2D eigenvalue weighted by Crippen LogP contribution is 2.27. The molecule has 1 fully saturated rings. The van der Waals surface area contributed by atoms with E-state index in [0.717, 1.165) is 23.9 Å². The Morgan fingerprint density at radius 2 is 1.70 bits per heavy atom. The van der Waals surface area contributed by atoms with E-state index < -0.39 is 0 Å². The van der Waals surface area contributed by atoms with Gasteiger partial charge in [0, 0.05) is 12.1 Å². The Morgan fingerprint density at radius 3 is 1.90 bits per heavy atom. The van der Waals surface area contributed by atoms with E-state index in [1.54, 1.807) is 0 Å². The minimum absolute atomic E-state index is 0.722. The van der Waals surface area contributed by atoms with Crippen molar-refractivity contribution in [1.82, 2.24) is 5.32 Å². The molecule has 0 aromatic heterocycles. The summed E-state index contributed by atoms with van der Waals surface area (Å²) in [5.74, 6) is 1.71. The first-order valence-electron chi connectivity index (χ1n) is 4.42. The molecule has 1 saturated heterocycles. The van der Waals surface area contributed by atoms with Crippen LogP contribution in [0, 0.1) is 11.8 Å². The standard InChI is InChI=1S/C9H19N/c1-5-9-7(3)6(2)8(4)10-9/h6-10H,5H2,1-4H3. The average Bonchev–Trinajstić information content (AvgIpc) is 2.17. The zero-order valence-corrected chi connectivity index (χ0v) is 7.52. The Kier molecular flexibility index (Phi) is 2.35. The predicted octanol–water partition coefficient (Wildman–Crippen LogP) is 2.03. The first-order valence-corrected chi connectivity index (χ1v) is 4.42. The van der Waals surface area contributed by atoms with Gasteiger partial charge in [-0.2, -0.15) is 0 Å². The lowest BCUT2D eigenvalue weighted by Gasteiger charge is -2.14. The van der Waals surface area contributed by atoms with Crippen LogP contribution >= 0.6 is 0 Å². The molecule has 1 heterocycles. The fraction of sp³-hybridized carbons (Fsp3) is 1.00. The van der Waals surface area contributed by atoms with E-state index in [0.29, 0.717) is 0 Å². The van der Waals surface area contributed by atoms with E-state index >= 15 is 0 Å². The summed E-state index contributed by atoms with van der Waals surface area (Å²) in [6.45, 7) is 9.25. The second-order valence-corrected chi connectivity index (χ2v) is 3.69. The largest absolute Gasteiger partial charge is 0.311 e. The molecule has 1 rings (SSSR count). The highest BCUT2D eigenvalue weighted by atomic mass is 15.0. The molecule has 0 bridgehead atoms. The highest BCUT2D eigenvalue weighted by Gasteiger charge is 2.32. The highest BCUT2D eigenvalue weighted by molar-refractivity contribution is 4.90. The summed E-state index contributed by atoms with van der Waals surface area (Å²) in [6.07, 6.45) is 1.27. The van der Waals surface area contributed by atoms with Crippen molar-refractivity contribution < 1.29 is 0 Å². The molecule has 1 aliphatic heterocycles. The van der Waals surface area contributed by atoms with Gasteiger partial charge in [0.25, 0.3) is 0 Å². The van der Waals surface area contributed by atoms with Crippen molar-refractivity contribution >= 4 is 0 Å². The molecule has 4 unspecified atom stereocenters. The van der Waals surface area contributed by atoms with Crippen LogP contribution < -0.4 is 5.32 Å². The fourth-order valence-electron chi connectivity index (χ4n) is 1.95. The van der Waals surface area contributed by atoms with E-state index in [9.17, 15) is 0 Å². The van der Waals surface area contributed by atoms with Crippen LogP contribution in [0.15, 0.2) is 0 Å². The number of hydrogen-bond acceptors (Lipinski definition) is 1. The average molecular weight is 141 g/mol. The molecule has 0 amide bonds. The van der Waals surface area contributed by atoms with E-state index in [1.165, 1.54) is 6.42 Å². The first-order chi connectivity index (χ1) is 4.66. The van der Waals surface area contributed by atoms with Gasteiger partial charge in [0.2, 0.25) is 0 Å². The number of rotatable bonds is 1. The normalized spacial score (nSPS) is 48.0. The fourth-order valence-corrected chi connectivity index (χ4v) is 1.95. The first kappa shape index (κ1) is 8.06. The molecule has 0 saturated carbocycles. The summed E-state index contributed by atoms with van der Waals surface area (Å²) >= 11 is 0. The van der Waals surface area contributed by atoms with E-state index in [2.05, 4.69) is 33.0 Å². The molecule has 60 valence electrons. The Bertz CT molecular complexity index is 111. The molecule has 1 N–H and O–H groups in total. The molecule has 0 aromatic carbocycles. The molecule has 0 aliphatic carbocycles. The monoisotopic (exact) mass is 141 g/mol. The van der Waals surface area contributed by atoms with Crippen molar-refractivity contribution in [3.05, 3.63) is 0 Å². The maximum absolute atomic E-state index is 3.60. The minimum Gasteiger partial charge on any atom is -0.311 e. The quantitative estimate of drug-likeness (QED) is 0.589. The van der Waals surface area contributed by atoms with Crippen molar-refractivity contribution in [2.45, 2.75) is 46.2 Å². The molecule has 4 atom stereocenters. The van der Waals surface area contributed by atoms with Crippen molar-refractivity contribution in [2.75, 3.05) is 0 Å². The third kappa shape index (κ3) is 1.20. The summed E-state index contributed by atoms with van der Waals surface area (Å²) in [4.78, 5) is 0. The maximum Gasteiger partial charge on any atom is 0.00957 e. The lowest BCUT2D eigenvalue weighted by molar-refractivity contribution is 0.396. The Balaban J connectivity index is 2.53. The molecule has 0 spiro atoms. The molecule has 1 heteroatoms. The Hall–Kier alpha value is -0.0400. The van der Waals surface area contributed by atoms with Gasteiger partial charge in [0.15, 0.2) is 0 Å². The van der Waals surface area contributed by atoms with Crippen LogP contribution in [-0.4, -0.2) is 12.1 Å². The van der Waals surface area contributed by atoms with Gasteiger partial charge in [-0.3, -0.25) is 0 Å². The molecule has 0 aromatic rings. The third-order valence-corrected chi connectivity index (χ3v) is 3.17. The van der Waals surface area contributed by atoms with Gasteiger partial charge >= 0.3 is 0 Å². The summed E-state index contributed by atoms with van der Waals surface area (Å²) in [5.41, 5.74) is 0. The van der Waals surface area contributed by atoms with Crippen LogP contribution in [0.25, 0.3) is 0 Å². The minimum atomic E-state index is 0.722. The predicted molar refractivity (Wildman–Crippen MR) is 45.0 cm³/mol. The van der Waals surface area contributed by atoms with E-state index in [1.807, 2.05) is 0 Å². The van der Waals surface area contributed by atoms with Gasteiger partial charge in [-0.1, -0.05) is 20.8 Å². The van der Waals surface area contributed by atoms with Gasteiger partial charge in [-0.05, 0) is 25.2 Å². The number of hydrogen-bond donors (Lipinski definition) is 1. The molecular weight excluding hydrogens is 122 g/mol. The van der Waals surface area contributed by atoms with Crippen molar-refractivity contribution in [3.63, 3.8) is 0 Å². The second kappa shape index (κ2) is 2.91. The van der Waals surface area contributed by atoms with Gasteiger partial charge < -0.3 is 5.32 Å². The summed E-state index contributed by atoms with van der Waals surface area (Å²) < 4.78 is 0. The molecule has 1 nitrogen and oxygen atoms in total. The molecule has 0 radical (unpaired) electrons. The van der Waals surface area contributed by atoms with Gasteiger partial charge in [-0.15, -0.1) is 0 Å². The third-order valence-electron chi connectivity index (χ3n) is 3.17. The van der Waals surface area contributed by atoms with Crippen LogP contribution in [0.2, 0.25) is 0 Å². The Labute approximate surface area is 64.2 Å². The van der Waals surface area contributed by atoms with Crippen LogP contribution in [0.5, 0.6) is 0 Å². The van der Waals surface area contributed by atoms with Gasteiger partial charge in [-0.25, -0.2) is 0 Å². The van der Waals surface area contributed by atoms with Crippen LogP contribution in [0.3, 0.4) is 0 Å². The number of nitrogens with one attached hydrogen (secondary N) is 1. The van der Waals surface area contributed by atoms with Crippen LogP contribution in [-0.2, 0) is 0 Å². The zero-order valence-electron chi connectivity index (χ0n) is 7.52. The van der Waals surface area contributed by atoms with Crippen molar-refractivity contribution in [1.29, 1.82) is 0 Å². The van der Waals surface area contributed by atoms with E-state index in [4.69, 9.17) is 0 Å². The van der Waals surface area contributed by atoms with E-state index in [-0.39, 0.29) is 0 Å². The lowest BCUT2D eigenvalue weighted by Crippen LogP contribution is -2.28. The topological polar surface area (TPSA) is 12.0 Å².